The summed E-state index contributed by atoms with van der Waals surface area (Å²) in [6.45, 7) is 4.70. The van der Waals surface area contributed by atoms with E-state index in [1.54, 1.807) is 0 Å². The topological polar surface area (TPSA) is 35.2 Å². The molecule has 0 spiro atoms. The number of hydrogen-bond acceptors (Lipinski definition) is 2. The van der Waals surface area contributed by atoms with Crippen LogP contribution in [0.15, 0.2) is 24.3 Å². The highest BCUT2D eigenvalue weighted by Gasteiger charge is 2.33. The van der Waals surface area contributed by atoms with E-state index in [4.69, 9.17) is 10.5 Å². The summed E-state index contributed by atoms with van der Waals surface area (Å²) in [6, 6.07) is 8.81. The summed E-state index contributed by atoms with van der Waals surface area (Å²) >= 11 is 0. The first kappa shape index (κ1) is 13.9. The van der Waals surface area contributed by atoms with Gasteiger partial charge >= 0.3 is 0 Å². The smallest absolute Gasteiger partial charge is 0.123 e. The van der Waals surface area contributed by atoms with Gasteiger partial charge in [-0.1, -0.05) is 32.0 Å². The summed E-state index contributed by atoms with van der Waals surface area (Å²) in [7, 11) is 0. The van der Waals surface area contributed by atoms with E-state index < -0.39 is 0 Å². The van der Waals surface area contributed by atoms with E-state index in [0.29, 0.717) is 18.1 Å². The van der Waals surface area contributed by atoms with Crippen LogP contribution < -0.4 is 10.5 Å². The maximum absolute atomic E-state index is 6.37. The van der Waals surface area contributed by atoms with Crippen molar-refractivity contribution >= 4 is 0 Å². The average Bonchev–Trinajstić information content (AvgIpc) is 2.83. The fourth-order valence-corrected chi connectivity index (χ4v) is 3.92. The SMILES string of the molecule is CC(C)C1CCC(N)C(CC2Cc3ccccc3O2)C1. The van der Waals surface area contributed by atoms with Gasteiger partial charge in [0.1, 0.15) is 11.9 Å². The van der Waals surface area contributed by atoms with Gasteiger partial charge < -0.3 is 10.5 Å². The van der Waals surface area contributed by atoms with Crippen molar-refractivity contribution in [1.29, 1.82) is 0 Å². The molecule has 4 unspecified atom stereocenters. The lowest BCUT2D eigenvalue weighted by molar-refractivity contribution is 0.128. The molecular weight excluding hydrogens is 246 g/mol. The van der Waals surface area contributed by atoms with Gasteiger partial charge in [-0.15, -0.1) is 0 Å². The summed E-state index contributed by atoms with van der Waals surface area (Å²) in [5.74, 6) is 3.35. The molecule has 110 valence electrons. The van der Waals surface area contributed by atoms with Crippen LogP contribution >= 0.6 is 0 Å². The van der Waals surface area contributed by atoms with Crippen molar-refractivity contribution in [2.24, 2.45) is 23.5 Å². The second-order valence-corrected chi connectivity index (χ2v) is 7.03. The molecule has 0 saturated heterocycles. The van der Waals surface area contributed by atoms with Gasteiger partial charge in [-0.05, 0) is 55.1 Å². The molecule has 4 atom stereocenters. The standard InChI is InChI=1S/C18H27NO/c1-12(2)13-7-8-17(19)15(9-13)11-16-10-14-5-3-4-6-18(14)20-16/h3-6,12-13,15-17H,7-11,19H2,1-2H3. The Balaban J connectivity index is 1.60. The number of rotatable bonds is 3. The van der Waals surface area contributed by atoms with Crippen LogP contribution in [-0.4, -0.2) is 12.1 Å². The Morgan fingerprint density at radius 2 is 2.05 bits per heavy atom. The van der Waals surface area contributed by atoms with E-state index in [0.717, 1.165) is 30.4 Å². The third-order valence-electron chi connectivity index (χ3n) is 5.30. The fourth-order valence-electron chi connectivity index (χ4n) is 3.92. The van der Waals surface area contributed by atoms with Gasteiger partial charge in [0.15, 0.2) is 0 Å². The minimum Gasteiger partial charge on any atom is -0.490 e. The number of fused-ring (bicyclic) bond motifs is 1. The molecule has 2 heteroatoms. The van der Waals surface area contributed by atoms with Crippen molar-refractivity contribution in [3.63, 3.8) is 0 Å². The summed E-state index contributed by atoms with van der Waals surface area (Å²) < 4.78 is 6.10. The lowest BCUT2D eigenvalue weighted by Crippen LogP contribution is -2.39. The maximum atomic E-state index is 6.37. The Labute approximate surface area is 122 Å². The predicted molar refractivity (Wildman–Crippen MR) is 82.8 cm³/mol. The number of ether oxygens (including phenoxy) is 1. The van der Waals surface area contributed by atoms with Crippen LogP contribution in [0.3, 0.4) is 0 Å². The van der Waals surface area contributed by atoms with Gasteiger partial charge in [-0.3, -0.25) is 0 Å². The molecule has 0 aromatic heterocycles. The van der Waals surface area contributed by atoms with Crippen LogP contribution in [0.5, 0.6) is 5.75 Å². The Bertz CT molecular complexity index is 431. The molecule has 1 fully saturated rings. The predicted octanol–water partition coefficient (Wildman–Crippen LogP) is 3.78. The van der Waals surface area contributed by atoms with Gasteiger partial charge in [0.2, 0.25) is 0 Å². The third kappa shape index (κ3) is 2.85. The second-order valence-electron chi connectivity index (χ2n) is 7.03. The summed E-state index contributed by atoms with van der Waals surface area (Å²) in [5.41, 5.74) is 7.73. The molecule has 1 aliphatic heterocycles. The highest BCUT2D eigenvalue weighted by molar-refractivity contribution is 5.37. The van der Waals surface area contributed by atoms with Crippen molar-refractivity contribution in [2.75, 3.05) is 0 Å². The largest absolute Gasteiger partial charge is 0.490 e. The van der Waals surface area contributed by atoms with Crippen LogP contribution in [-0.2, 0) is 6.42 Å². The average molecular weight is 273 g/mol. The van der Waals surface area contributed by atoms with E-state index in [9.17, 15) is 0 Å². The van der Waals surface area contributed by atoms with Gasteiger partial charge in [0.25, 0.3) is 0 Å². The Morgan fingerprint density at radius 3 is 2.80 bits per heavy atom. The normalized spacial score (nSPS) is 33.0. The quantitative estimate of drug-likeness (QED) is 0.909. The van der Waals surface area contributed by atoms with Crippen molar-refractivity contribution in [3.05, 3.63) is 29.8 Å². The van der Waals surface area contributed by atoms with Crippen molar-refractivity contribution in [1.82, 2.24) is 0 Å². The molecule has 1 aliphatic carbocycles. The van der Waals surface area contributed by atoms with Gasteiger partial charge in [0.05, 0.1) is 0 Å². The second kappa shape index (κ2) is 5.77. The zero-order valence-electron chi connectivity index (χ0n) is 12.7. The minimum absolute atomic E-state index is 0.342. The molecule has 2 nitrogen and oxygen atoms in total. The van der Waals surface area contributed by atoms with Gasteiger partial charge in [0, 0.05) is 12.5 Å². The minimum atomic E-state index is 0.342. The van der Waals surface area contributed by atoms with E-state index in [2.05, 4.69) is 38.1 Å². The van der Waals surface area contributed by atoms with Crippen LogP contribution in [0.1, 0.15) is 45.1 Å². The van der Waals surface area contributed by atoms with Crippen molar-refractivity contribution in [3.8, 4) is 5.75 Å². The summed E-state index contributed by atoms with van der Waals surface area (Å²) in [6.07, 6.45) is 6.31. The number of nitrogens with two attached hydrogens (primary N) is 1. The molecule has 2 aliphatic rings. The van der Waals surface area contributed by atoms with Crippen molar-refractivity contribution in [2.45, 2.75) is 58.1 Å². The Morgan fingerprint density at radius 1 is 1.25 bits per heavy atom. The first-order valence-electron chi connectivity index (χ1n) is 8.13. The van der Waals surface area contributed by atoms with Crippen LogP contribution in [0, 0.1) is 17.8 Å². The van der Waals surface area contributed by atoms with Gasteiger partial charge in [-0.2, -0.15) is 0 Å². The third-order valence-corrected chi connectivity index (χ3v) is 5.30. The first-order valence-corrected chi connectivity index (χ1v) is 8.13. The van der Waals surface area contributed by atoms with E-state index in [1.165, 1.54) is 24.8 Å². The van der Waals surface area contributed by atoms with E-state index >= 15 is 0 Å². The van der Waals surface area contributed by atoms with Crippen LogP contribution in [0.2, 0.25) is 0 Å². The zero-order chi connectivity index (χ0) is 14.1. The molecule has 0 amide bonds. The monoisotopic (exact) mass is 273 g/mol. The molecule has 1 aromatic rings. The number of hydrogen-bond donors (Lipinski definition) is 1. The summed E-state index contributed by atoms with van der Waals surface area (Å²) in [5, 5.41) is 0. The van der Waals surface area contributed by atoms with E-state index in [-0.39, 0.29) is 0 Å². The molecule has 1 saturated carbocycles. The fraction of sp³-hybridized carbons (Fsp3) is 0.667. The molecular formula is C18H27NO. The molecule has 0 bridgehead atoms. The Hall–Kier alpha value is -1.02. The molecule has 3 rings (SSSR count). The highest BCUT2D eigenvalue weighted by atomic mass is 16.5. The molecule has 20 heavy (non-hydrogen) atoms. The van der Waals surface area contributed by atoms with Crippen molar-refractivity contribution < 1.29 is 4.74 Å². The number of para-hydroxylation sites is 1. The lowest BCUT2D eigenvalue weighted by atomic mass is 9.72. The van der Waals surface area contributed by atoms with Crippen LogP contribution in [0.25, 0.3) is 0 Å². The lowest BCUT2D eigenvalue weighted by Gasteiger charge is -2.37. The zero-order valence-corrected chi connectivity index (χ0v) is 12.7. The van der Waals surface area contributed by atoms with Crippen LogP contribution in [0.4, 0.5) is 0 Å². The molecule has 1 aromatic carbocycles. The maximum Gasteiger partial charge on any atom is 0.123 e. The molecule has 1 heterocycles. The highest BCUT2D eigenvalue weighted by Crippen LogP contribution is 2.38. The first-order chi connectivity index (χ1) is 9.63. The van der Waals surface area contributed by atoms with Gasteiger partial charge in [-0.25, -0.2) is 0 Å². The molecule has 2 N–H and O–H groups in total. The van der Waals surface area contributed by atoms with E-state index in [1.807, 2.05) is 0 Å². The Kier molecular flexibility index (Phi) is 4.02. The molecule has 0 radical (unpaired) electrons. The number of benzene rings is 1. The summed E-state index contributed by atoms with van der Waals surface area (Å²) in [4.78, 5) is 0.